The number of ether oxygens (including phenoxy) is 1. The number of nitrogens with zero attached hydrogens (tertiary/aromatic N) is 3. The minimum Gasteiger partial charge on any atom is -0.493 e. The zero-order valence-electron chi connectivity index (χ0n) is 14.8. The Balaban J connectivity index is 1.98. The average Bonchev–Trinajstić information content (AvgIpc) is 3.35. The topological polar surface area (TPSA) is 55.7 Å². The SMILES string of the molecule is C=CC=CC=COC(CCn1ccnc1)C(=C)/C=C\C(=C)c1cn[nH]c1. The Morgan fingerprint density at radius 1 is 1.27 bits per heavy atom. The Labute approximate surface area is 154 Å². The molecule has 1 atom stereocenters. The fourth-order valence-electron chi connectivity index (χ4n) is 2.19. The van der Waals surface area contributed by atoms with Crippen molar-refractivity contribution in [1.29, 1.82) is 0 Å². The smallest absolute Gasteiger partial charge is 0.124 e. The molecule has 5 heteroatoms. The van der Waals surface area contributed by atoms with Crippen LogP contribution in [0.4, 0.5) is 0 Å². The summed E-state index contributed by atoms with van der Waals surface area (Å²) < 4.78 is 7.89. The van der Waals surface area contributed by atoms with Crippen LogP contribution in [-0.2, 0) is 11.3 Å². The Hall–Kier alpha value is -3.34. The number of rotatable bonds is 11. The molecule has 0 amide bonds. The van der Waals surface area contributed by atoms with Crippen molar-refractivity contribution in [2.24, 2.45) is 0 Å². The van der Waals surface area contributed by atoms with Gasteiger partial charge in [0.25, 0.3) is 0 Å². The maximum absolute atomic E-state index is 5.87. The molecule has 2 rings (SSSR count). The minimum atomic E-state index is -0.154. The van der Waals surface area contributed by atoms with Crippen molar-refractivity contribution < 1.29 is 4.74 Å². The predicted octanol–water partition coefficient (Wildman–Crippen LogP) is 4.46. The molecule has 0 saturated carbocycles. The van der Waals surface area contributed by atoms with E-state index in [9.17, 15) is 0 Å². The summed E-state index contributed by atoms with van der Waals surface area (Å²) in [6.07, 6.45) is 22.4. The van der Waals surface area contributed by atoms with E-state index < -0.39 is 0 Å². The van der Waals surface area contributed by atoms with Gasteiger partial charge in [-0.1, -0.05) is 50.1 Å². The Morgan fingerprint density at radius 3 is 2.85 bits per heavy atom. The quantitative estimate of drug-likeness (QED) is 0.482. The first-order valence-electron chi connectivity index (χ1n) is 8.31. The van der Waals surface area contributed by atoms with Gasteiger partial charge in [-0.2, -0.15) is 5.10 Å². The zero-order valence-corrected chi connectivity index (χ0v) is 14.8. The molecular weight excluding hydrogens is 324 g/mol. The van der Waals surface area contributed by atoms with Crippen LogP contribution in [0.5, 0.6) is 0 Å². The van der Waals surface area contributed by atoms with Crippen LogP contribution < -0.4 is 0 Å². The Morgan fingerprint density at radius 2 is 2.15 bits per heavy atom. The van der Waals surface area contributed by atoms with E-state index in [1.54, 1.807) is 37.3 Å². The van der Waals surface area contributed by atoms with Crippen LogP contribution in [0.15, 0.2) is 99.1 Å². The molecule has 0 saturated heterocycles. The molecule has 0 radical (unpaired) electrons. The van der Waals surface area contributed by atoms with E-state index in [1.165, 1.54) is 0 Å². The molecule has 5 nitrogen and oxygen atoms in total. The number of imidazole rings is 1. The number of allylic oxidation sites excluding steroid dienone is 6. The monoisotopic (exact) mass is 348 g/mol. The van der Waals surface area contributed by atoms with Gasteiger partial charge in [0.1, 0.15) is 6.10 Å². The lowest BCUT2D eigenvalue weighted by Gasteiger charge is -2.17. The highest BCUT2D eigenvalue weighted by atomic mass is 16.5. The van der Waals surface area contributed by atoms with Crippen LogP contribution in [0, 0.1) is 0 Å². The lowest BCUT2D eigenvalue weighted by atomic mass is 10.1. The number of aryl methyl sites for hydroxylation is 1. The molecule has 1 unspecified atom stereocenters. The van der Waals surface area contributed by atoms with Crippen molar-refractivity contribution in [3.05, 3.63) is 105 Å². The van der Waals surface area contributed by atoms with E-state index in [2.05, 4.69) is 34.9 Å². The van der Waals surface area contributed by atoms with Crippen molar-refractivity contribution in [1.82, 2.24) is 19.7 Å². The van der Waals surface area contributed by atoms with Gasteiger partial charge in [-0.25, -0.2) is 4.98 Å². The van der Waals surface area contributed by atoms with Gasteiger partial charge < -0.3 is 9.30 Å². The second-order valence-electron chi connectivity index (χ2n) is 5.58. The molecule has 26 heavy (non-hydrogen) atoms. The summed E-state index contributed by atoms with van der Waals surface area (Å²) in [6.45, 7) is 12.6. The molecule has 0 aliphatic rings. The Bertz CT molecular complexity index is 780. The second kappa shape index (κ2) is 10.5. The van der Waals surface area contributed by atoms with Gasteiger partial charge in [-0.05, 0) is 17.2 Å². The highest BCUT2D eigenvalue weighted by Gasteiger charge is 2.11. The summed E-state index contributed by atoms with van der Waals surface area (Å²) >= 11 is 0. The third kappa shape index (κ3) is 6.28. The number of hydrogen-bond acceptors (Lipinski definition) is 3. The molecule has 1 N–H and O–H groups in total. The average molecular weight is 348 g/mol. The van der Waals surface area contributed by atoms with E-state index in [4.69, 9.17) is 4.74 Å². The summed E-state index contributed by atoms with van der Waals surface area (Å²) in [5, 5.41) is 6.71. The van der Waals surface area contributed by atoms with Crippen LogP contribution in [0.2, 0.25) is 0 Å². The maximum atomic E-state index is 5.87. The van der Waals surface area contributed by atoms with Crippen molar-refractivity contribution >= 4 is 5.57 Å². The van der Waals surface area contributed by atoms with E-state index in [0.29, 0.717) is 0 Å². The summed E-state index contributed by atoms with van der Waals surface area (Å²) in [6, 6.07) is 0. The lowest BCUT2D eigenvalue weighted by Crippen LogP contribution is -2.14. The van der Waals surface area contributed by atoms with Gasteiger partial charge in [-0.3, -0.25) is 5.10 Å². The molecule has 0 aromatic carbocycles. The molecule has 0 bridgehead atoms. The number of nitrogens with one attached hydrogen (secondary N) is 1. The molecule has 0 aliphatic heterocycles. The van der Waals surface area contributed by atoms with E-state index in [-0.39, 0.29) is 6.10 Å². The summed E-state index contributed by atoms with van der Waals surface area (Å²) in [4.78, 5) is 4.06. The standard InChI is InChI=1S/C21H24N4O/c1-4-5-6-7-14-26-21(10-12-25-13-11-22-17-25)19(3)9-8-18(2)20-15-23-24-16-20/h4-9,11,13-17,21H,1-3,10,12H2,(H,23,24)/b6-5?,9-8-,14-7?. The van der Waals surface area contributed by atoms with E-state index >= 15 is 0 Å². The highest BCUT2D eigenvalue weighted by Crippen LogP contribution is 2.17. The number of hydrogen-bond donors (Lipinski definition) is 1. The molecule has 0 aliphatic carbocycles. The molecule has 2 aromatic rings. The molecule has 0 spiro atoms. The number of aromatic amines is 1. The first-order chi connectivity index (χ1) is 12.7. The van der Waals surface area contributed by atoms with Crippen molar-refractivity contribution in [3.63, 3.8) is 0 Å². The lowest BCUT2D eigenvalue weighted by molar-refractivity contribution is 0.165. The van der Waals surface area contributed by atoms with Crippen LogP contribution in [0.25, 0.3) is 5.57 Å². The number of aromatic nitrogens is 4. The van der Waals surface area contributed by atoms with Gasteiger partial charge in [0.15, 0.2) is 0 Å². The van der Waals surface area contributed by atoms with Crippen LogP contribution >= 0.6 is 0 Å². The van der Waals surface area contributed by atoms with Gasteiger partial charge in [-0.15, -0.1) is 0 Å². The Kier molecular flexibility index (Phi) is 7.68. The van der Waals surface area contributed by atoms with Gasteiger partial charge in [0.2, 0.25) is 0 Å². The third-order valence-corrected chi connectivity index (χ3v) is 3.67. The van der Waals surface area contributed by atoms with Gasteiger partial charge >= 0.3 is 0 Å². The predicted molar refractivity (Wildman–Crippen MR) is 106 cm³/mol. The molecule has 2 aromatic heterocycles. The van der Waals surface area contributed by atoms with Gasteiger partial charge in [0.05, 0.1) is 18.8 Å². The fraction of sp³-hybridized carbons (Fsp3) is 0.143. The first kappa shape index (κ1) is 19.0. The molecular formula is C21H24N4O. The summed E-state index contributed by atoms with van der Waals surface area (Å²) in [7, 11) is 0. The highest BCUT2D eigenvalue weighted by molar-refractivity contribution is 5.71. The van der Waals surface area contributed by atoms with Crippen molar-refractivity contribution in [3.8, 4) is 0 Å². The van der Waals surface area contributed by atoms with Crippen LogP contribution in [-0.4, -0.2) is 25.9 Å². The molecule has 0 fully saturated rings. The summed E-state index contributed by atoms with van der Waals surface area (Å²) in [5.41, 5.74) is 2.67. The summed E-state index contributed by atoms with van der Waals surface area (Å²) in [5.74, 6) is 0. The number of H-pyrrole nitrogens is 1. The normalized spacial score (nSPS) is 12.8. The zero-order chi connectivity index (χ0) is 18.6. The fourth-order valence-corrected chi connectivity index (χ4v) is 2.19. The van der Waals surface area contributed by atoms with Crippen molar-refractivity contribution in [2.75, 3.05) is 0 Å². The minimum absolute atomic E-state index is 0.154. The second-order valence-corrected chi connectivity index (χ2v) is 5.58. The van der Waals surface area contributed by atoms with E-state index in [1.807, 2.05) is 41.1 Å². The van der Waals surface area contributed by atoms with Crippen LogP contribution in [0.1, 0.15) is 12.0 Å². The first-order valence-corrected chi connectivity index (χ1v) is 8.31. The van der Waals surface area contributed by atoms with Gasteiger partial charge in [0, 0.05) is 37.1 Å². The van der Waals surface area contributed by atoms with E-state index in [0.717, 1.165) is 29.7 Å². The third-order valence-electron chi connectivity index (χ3n) is 3.67. The molecule has 134 valence electrons. The van der Waals surface area contributed by atoms with Crippen LogP contribution in [0.3, 0.4) is 0 Å². The van der Waals surface area contributed by atoms with Crippen molar-refractivity contribution in [2.45, 2.75) is 19.1 Å². The largest absolute Gasteiger partial charge is 0.493 e. The molecule has 2 heterocycles. The maximum Gasteiger partial charge on any atom is 0.124 e.